The molecule has 0 saturated heterocycles. The van der Waals surface area contributed by atoms with Crippen molar-refractivity contribution in [1.82, 2.24) is 19.7 Å². The Morgan fingerprint density at radius 2 is 2.08 bits per heavy atom. The SMILES string of the molecule is CCc1cc2c(=O)n(Cc3nc(-c4ccc(Cl)cc4)no3)cnc2s1. The number of rotatable bonds is 4. The highest BCUT2D eigenvalue weighted by molar-refractivity contribution is 7.18. The van der Waals surface area contributed by atoms with Crippen molar-refractivity contribution in [1.29, 1.82) is 0 Å². The van der Waals surface area contributed by atoms with Gasteiger partial charge in [-0.15, -0.1) is 11.3 Å². The highest BCUT2D eigenvalue weighted by Crippen LogP contribution is 2.21. The number of aryl methyl sites for hydroxylation is 1. The van der Waals surface area contributed by atoms with Crippen molar-refractivity contribution in [2.24, 2.45) is 0 Å². The van der Waals surface area contributed by atoms with Gasteiger partial charge < -0.3 is 4.52 Å². The van der Waals surface area contributed by atoms with Crippen molar-refractivity contribution in [3.8, 4) is 11.4 Å². The van der Waals surface area contributed by atoms with Crippen LogP contribution in [0.25, 0.3) is 21.6 Å². The van der Waals surface area contributed by atoms with Gasteiger partial charge in [0.05, 0.1) is 11.7 Å². The Morgan fingerprint density at radius 3 is 2.84 bits per heavy atom. The summed E-state index contributed by atoms with van der Waals surface area (Å²) in [6, 6.07) is 9.05. The predicted molar refractivity (Wildman–Crippen MR) is 97.1 cm³/mol. The van der Waals surface area contributed by atoms with Gasteiger partial charge in [-0.2, -0.15) is 4.98 Å². The van der Waals surface area contributed by atoms with Crippen molar-refractivity contribution in [3.05, 3.63) is 62.8 Å². The Kier molecular flexibility index (Phi) is 4.10. The number of benzene rings is 1. The Bertz CT molecular complexity index is 1100. The maximum Gasteiger partial charge on any atom is 0.262 e. The van der Waals surface area contributed by atoms with E-state index in [4.69, 9.17) is 16.1 Å². The largest absolute Gasteiger partial charge is 0.337 e. The molecule has 0 bridgehead atoms. The Balaban J connectivity index is 1.64. The average Bonchev–Trinajstić information content (AvgIpc) is 3.25. The van der Waals surface area contributed by atoms with Crippen LogP contribution in [0.3, 0.4) is 0 Å². The Morgan fingerprint density at radius 1 is 1.28 bits per heavy atom. The van der Waals surface area contributed by atoms with Crippen LogP contribution in [0.15, 0.2) is 46.0 Å². The first-order chi connectivity index (χ1) is 12.1. The van der Waals surface area contributed by atoms with Gasteiger partial charge in [-0.25, -0.2) is 4.98 Å². The van der Waals surface area contributed by atoms with Gasteiger partial charge in [-0.3, -0.25) is 9.36 Å². The van der Waals surface area contributed by atoms with Crippen molar-refractivity contribution in [3.63, 3.8) is 0 Å². The van der Waals surface area contributed by atoms with Gasteiger partial charge in [0, 0.05) is 15.5 Å². The molecule has 8 heteroatoms. The fraction of sp³-hybridized carbons (Fsp3) is 0.176. The molecular weight excluding hydrogens is 360 g/mol. The summed E-state index contributed by atoms with van der Waals surface area (Å²) in [7, 11) is 0. The fourth-order valence-corrected chi connectivity index (χ4v) is 3.53. The third-order valence-electron chi connectivity index (χ3n) is 3.79. The minimum Gasteiger partial charge on any atom is -0.337 e. The molecule has 0 radical (unpaired) electrons. The van der Waals surface area contributed by atoms with Crippen molar-refractivity contribution >= 4 is 33.2 Å². The van der Waals surface area contributed by atoms with Gasteiger partial charge in [-0.05, 0) is 36.8 Å². The molecule has 0 unspecified atom stereocenters. The lowest BCUT2D eigenvalue weighted by atomic mass is 10.2. The van der Waals surface area contributed by atoms with E-state index in [0.29, 0.717) is 22.1 Å². The first kappa shape index (κ1) is 16.0. The summed E-state index contributed by atoms with van der Waals surface area (Å²) in [6.45, 7) is 2.24. The van der Waals surface area contributed by atoms with Gasteiger partial charge in [0.1, 0.15) is 11.4 Å². The van der Waals surface area contributed by atoms with Crippen LogP contribution in [0, 0.1) is 0 Å². The maximum absolute atomic E-state index is 12.6. The molecule has 25 heavy (non-hydrogen) atoms. The zero-order valence-electron chi connectivity index (χ0n) is 13.3. The first-order valence-electron chi connectivity index (χ1n) is 7.70. The summed E-state index contributed by atoms with van der Waals surface area (Å²) in [5.74, 6) is 0.803. The van der Waals surface area contributed by atoms with E-state index in [1.54, 1.807) is 23.5 Å². The molecule has 0 amide bonds. The molecular formula is C17H13ClN4O2S. The molecule has 4 aromatic rings. The quantitative estimate of drug-likeness (QED) is 0.545. The monoisotopic (exact) mass is 372 g/mol. The molecule has 0 N–H and O–H groups in total. The van der Waals surface area contributed by atoms with E-state index in [1.165, 1.54) is 10.9 Å². The van der Waals surface area contributed by atoms with Crippen LogP contribution >= 0.6 is 22.9 Å². The second-order valence-electron chi connectivity index (χ2n) is 5.48. The molecule has 0 aliphatic carbocycles. The van der Waals surface area contributed by atoms with Crippen LogP contribution in [-0.2, 0) is 13.0 Å². The number of aromatic nitrogens is 4. The highest BCUT2D eigenvalue weighted by atomic mass is 35.5. The molecule has 0 atom stereocenters. The molecule has 1 aromatic carbocycles. The first-order valence-corrected chi connectivity index (χ1v) is 8.90. The molecule has 4 rings (SSSR count). The Hall–Kier alpha value is -2.51. The summed E-state index contributed by atoms with van der Waals surface area (Å²) in [6.07, 6.45) is 2.40. The Labute approximate surface area is 151 Å². The average molecular weight is 373 g/mol. The number of hydrogen-bond acceptors (Lipinski definition) is 6. The molecule has 0 spiro atoms. The number of nitrogens with zero attached hydrogens (tertiary/aromatic N) is 4. The van der Waals surface area contributed by atoms with E-state index >= 15 is 0 Å². The molecule has 0 saturated carbocycles. The van der Waals surface area contributed by atoms with Crippen LogP contribution in [0.2, 0.25) is 5.02 Å². The maximum atomic E-state index is 12.6. The minimum absolute atomic E-state index is 0.104. The number of hydrogen-bond donors (Lipinski definition) is 0. The summed E-state index contributed by atoms with van der Waals surface area (Å²) >= 11 is 7.42. The van der Waals surface area contributed by atoms with Gasteiger partial charge in [0.2, 0.25) is 11.7 Å². The fourth-order valence-electron chi connectivity index (χ4n) is 2.48. The van der Waals surface area contributed by atoms with E-state index < -0.39 is 0 Å². The second-order valence-corrected chi connectivity index (χ2v) is 7.03. The van der Waals surface area contributed by atoms with E-state index in [9.17, 15) is 4.79 Å². The number of halogens is 1. The van der Waals surface area contributed by atoms with Gasteiger partial charge >= 0.3 is 0 Å². The second kappa shape index (κ2) is 6.42. The highest BCUT2D eigenvalue weighted by Gasteiger charge is 2.13. The molecule has 3 heterocycles. The van der Waals surface area contributed by atoms with E-state index in [0.717, 1.165) is 21.7 Å². The van der Waals surface area contributed by atoms with Gasteiger partial charge in [0.25, 0.3) is 5.56 Å². The van der Waals surface area contributed by atoms with Crippen LogP contribution in [0.4, 0.5) is 0 Å². The lowest BCUT2D eigenvalue weighted by Gasteiger charge is -2.00. The lowest BCUT2D eigenvalue weighted by Crippen LogP contribution is -2.20. The van der Waals surface area contributed by atoms with Crippen LogP contribution in [-0.4, -0.2) is 19.7 Å². The summed E-state index contributed by atoms with van der Waals surface area (Å²) in [5.41, 5.74) is 0.693. The van der Waals surface area contributed by atoms with Crippen molar-refractivity contribution in [2.75, 3.05) is 0 Å². The summed E-state index contributed by atoms with van der Waals surface area (Å²) < 4.78 is 6.75. The number of fused-ring (bicyclic) bond motifs is 1. The zero-order chi connectivity index (χ0) is 17.4. The van der Waals surface area contributed by atoms with Crippen LogP contribution < -0.4 is 5.56 Å². The van der Waals surface area contributed by atoms with Crippen molar-refractivity contribution < 1.29 is 4.52 Å². The normalized spacial score (nSPS) is 11.3. The van der Waals surface area contributed by atoms with E-state index in [1.807, 2.05) is 18.2 Å². The van der Waals surface area contributed by atoms with Crippen LogP contribution in [0.1, 0.15) is 17.7 Å². The van der Waals surface area contributed by atoms with E-state index in [-0.39, 0.29) is 12.1 Å². The molecule has 6 nitrogen and oxygen atoms in total. The minimum atomic E-state index is -0.104. The van der Waals surface area contributed by atoms with Crippen LogP contribution in [0.5, 0.6) is 0 Å². The number of thiophene rings is 1. The predicted octanol–water partition coefficient (Wildman–Crippen LogP) is 3.77. The van der Waals surface area contributed by atoms with E-state index in [2.05, 4.69) is 22.0 Å². The third-order valence-corrected chi connectivity index (χ3v) is 5.23. The molecule has 0 fully saturated rings. The molecule has 0 aliphatic heterocycles. The lowest BCUT2D eigenvalue weighted by molar-refractivity contribution is 0.369. The molecule has 3 aromatic heterocycles. The topological polar surface area (TPSA) is 73.8 Å². The van der Waals surface area contributed by atoms with Gasteiger partial charge in [-0.1, -0.05) is 23.7 Å². The molecule has 0 aliphatic rings. The molecule has 126 valence electrons. The van der Waals surface area contributed by atoms with Gasteiger partial charge in [0.15, 0.2) is 0 Å². The summed E-state index contributed by atoms with van der Waals surface area (Å²) in [5, 5.41) is 5.22. The third kappa shape index (κ3) is 3.08. The zero-order valence-corrected chi connectivity index (χ0v) is 14.8. The standard InChI is InChI=1S/C17H13ClN4O2S/c1-2-12-7-13-16(25-12)19-9-22(17(13)23)8-14-20-15(21-24-14)10-3-5-11(18)6-4-10/h3-7,9H,2,8H2,1H3. The van der Waals surface area contributed by atoms with Crippen molar-refractivity contribution in [2.45, 2.75) is 19.9 Å². The smallest absolute Gasteiger partial charge is 0.262 e. The summed E-state index contributed by atoms with van der Waals surface area (Å²) in [4.78, 5) is 23.2.